The van der Waals surface area contributed by atoms with E-state index in [1.165, 1.54) is 24.0 Å². The van der Waals surface area contributed by atoms with Crippen LogP contribution in [0.15, 0.2) is 50.8 Å². The average molecular weight is 793 g/mol. The Hall–Kier alpha value is -2.35. The van der Waals surface area contributed by atoms with Gasteiger partial charge in [0.25, 0.3) is 11.5 Å². The van der Waals surface area contributed by atoms with Crippen molar-refractivity contribution < 1.29 is 18.7 Å². The van der Waals surface area contributed by atoms with Crippen molar-refractivity contribution in [3.05, 3.63) is 92.1 Å². The molecule has 0 radical (unpaired) electrons. The molecule has 0 spiro atoms. The van der Waals surface area contributed by atoms with Gasteiger partial charge in [0.15, 0.2) is 0 Å². The molecule has 3 rings (SSSR count). The van der Waals surface area contributed by atoms with Gasteiger partial charge in [0, 0.05) is 28.4 Å². The molecule has 1 heterocycles. The zero-order valence-corrected chi connectivity index (χ0v) is 25.6. The lowest BCUT2D eigenvalue weighted by Crippen LogP contribution is -2.33. The molecule has 0 saturated carbocycles. The van der Waals surface area contributed by atoms with Crippen LogP contribution < -0.4 is 15.7 Å². The Morgan fingerprint density at radius 2 is 1.95 bits per heavy atom. The van der Waals surface area contributed by atoms with Gasteiger partial charge in [-0.2, -0.15) is 10.4 Å². The summed E-state index contributed by atoms with van der Waals surface area (Å²) in [6, 6.07) is 12.0. The molecule has 0 aliphatic rings. The lowest BCUT2D eigenvalue weighted by molar-refractivity contribution is -0.121. The highest BCUT2D eigenvalue weighted by Gasteiger charge is 2.19. The summed E-state index contributed by atoms with van der Waals surface area (Å²) >= 11 is 7.63. The number of ether oxygens (including phenoxy) is 2. The molecule has 0 unspecified atom stereocenters. The van der Waals surface area contributed by atoms with Crippen LogP contribution in [0.2, 0.25) is 0 Å². The molecule has 8 nitrogen and oxygen atoms in total. The number of benzene rings is 2. The number of nitriles is 1. The van der Waals surface area contributed by atoms with Crippen molar-refractivity contribution >= 4 is 73.2 Å². The number of nitrogens with one attached hydrogen (secondary N) is 1. The number of carbonyl (C=O) groups is 1. The number of aromatic nitrogens is 1. The second kappa shape index (κ2) is 13.4. The maximum atomic E-state index is 13.9. The zero-order valence-electron chi connectivity index (χ0n) is 19.6. The van der Waals surface area contributed by atoms with Gasteiger partial charge in [0.1, 0.15) is 36.4 Å². The minimum atomic E-state index is -0.579. The molecular formula is C25H20BrFI2N4O4. The van der Waals surface area contributed by atoms with Gasteiger partial charge in [-0.15, -0.1) is 0 Å². The van der Waals surface area contributed by atoms with E-state index in [0.717, 1.165) is 7.14 Å². The van der Waals surface area contributed by atoms with Crippen LogP contribution in [-0.2, 0) is 29.3 Å². The molecule has 1 aromatic heterocycles. The highest BCUT2D eigenvalue weighted by Crippen LogP contribution is 2.29. The van der Waals surface area contributed by atoms with Crippen molar-refractivity contribution in [1.82, 2.24) is 9.99 Å². The second-order valence-corrected chi connectivity index (χ2v) is 10.8. The lowest BCUT2D eigenvalue weighted by atomic mass is 10.1. The second-order valence-electron chi connectivity index (χ2n) is 7.68. The third kappa shape index (κ3) is 7.15. The molecule has 2 aromatic carbocycles. The average Bonchev–Trinajstić information content (AvgIpc) is 2.86. The summed E-state index contributed by atoms with van der Waals surface area (Å²) in [7, 11) is 1.47. The van der Waals surface area contributed by atoms with E-state index in [-0.39, 0.29) is 31.1 Å². The van der Waals surface area contributed by atoms with Gasteiger partial charge in [-0.05, 0) is 91.8 Å². The standard InChI is InChI=1S/C25H20BrFI2N4O4/c1-14-23(26)18(13-36-2)17(9-30)25(35)33(14)11-22(34)32-31-10-15-7-20(28)24(21(29)8-15)37-12-16-5-3-4-6-19(16)27/h3-8,10H,11-13H2,1-2H3,(H,32,34)/b31-10-. The number of pyridine rings is 1. The molecule has 0 aliphatic heterocycles. The highest BCUT2D eigenvalue weighted by molar-refractivity contribution is 14.1. The predicted octanol–water partition coefficient (Wildman–Crippen LogP) is 5.01. The summed E-state index contributed by atoms with van der Waals surface area (Å²) in [6.07, 6.45) is 1.47. The molecule has 12 heteroatoms. The van der Waals surface area contributed by atoms with Gasteiger partial charge in [-0.3, -0.25) is 9.59 Å². The zero-order chi connectivity index (χ0) is 27.1. The summed E-state index contributed by atoms with van der Waals surface area (Å²) in [5.41, 5.74) is 3.84. The molecular weight excluding hydrogens is 773 g/mol. The minimum absolute atomic E-state index is 0.0848. The summed E-state index contributed by atoms with van der Waals surface area (Å²) < 4.78 is 28.1. The first-order valence-electron chi connectivity index (χ1n) is 10.7. The summed E-state index contributed by atoms with van der Waals surface area (Å²) in [5, 5.41) is 13.4. The molecule has 0 aliphatic carbocycles. The van der Waals surface area contributed by atoms with Crippen molar-refractivity contribution in [2.75, 3.05) is 7.11 Å². The van der Waals surface area contributed by atoms with E-state index in [0.29, 0.717) is 32.6 Å². The molecule has 1 N–H and O–H groups in total. The van der Waals surface area contributed by atoms with E-state index in [9.17, 15) is 19.2 Å². The van der Waals surface area contributed by atoms with Crippen LogP contribution in [0.4, 0.5) is 4.39 Å². The first-order valence-corrected chi connectivity index (χ1v) is 13.6. The monoisotopic (exact) mass is 792 g/mol. The number of amides is 1. The number of methoxy groups -OCH3 is 1. The molecule has 0 fully saturated rings. The summed E-state index contributed by atoms with van der Waals surface area (Å²) in [6.45, 7) is 1.53. The van der Waals surface area contributed by atoms with Crippen LogP contribution >= 0.6 is 61.1 Å². The third-order valence-electron chi connectivity index (χ3n) is 5.20. The largest absolute Gasteiger partial charge is 0.487 e. The van der Waals surface area contributed by atoms with Crippen LogP contribution in [0.1, 0.15) is 27.9 Å². The van der Waals surface area contributed by atoms with Crippen LogP contribution in [0.25, 0.3) is 0 Å². The lowest BCUT2D eigenvalue weighted by Gasteiger charge is -2.15. The Kier molecular flexibility index (Phi) is 10.6. The first-order chi connectivity index (χ1) is 17.7. The van der Waals surface area contributed by atoms with Crippen LogP contribution in [0.3, 0.4) is 0 Å². The maximum absolute atomic E-state index is 13.9. The number of rotatable bonds is 9. The van der Waals surface area contributed by atoms with Crippen molar-refractivity contribution in [3.63, 3.8) is 0 Å². The van der Waals surface area contributed by atoms with Gasteiger partial charge >= 0.3 is 0 Å². The van der Waals surface area contributed by atoms with Gasteiger partial charge in [-0.1, -0.05) is 18.2 Å². The van der Waals surface area contributed by atoms with E-state index in [1.54, 1.807) is 25.1 Å². The quantitative estimate of drug-likeness (QED) is 0.187. The van der Waals surface area contributed by atoms with E-state index >= 15 is 0 Å². The number of nitrogens with zero attached hydrogens (tertiary/aromatic N) is 3. The normalized spacial score (nSPS) is 10.9. The fraction of sp³-hybridized carbons (Fsp3) is 0.200. The smallest absolute Gasteiger partial charge is 0.269 e. The first kappa shape index (κ1) is 29.2. The Morgan fingerprint density at radius 3 is 2.57 bits per heavy atom. The number of halogens is 4. The fourth-order valence-electron chi connectivity index (χ4n) is 3.36. The van der Waals surface area contributed by atoms with E-state index in [4.69, 9.17) is 9.47 Å². The molecule has 0 atom stereocenters. The highest BCUT2D eigenvalue weighted by atomic mass is 127. The van der Waals surface area contributed by atoms with E-state index in [2.05, 4.69) is 71.6 Å². The SMILES string of the molecule is COCc1c(Br)c(C)n(CC(=O)N/N=C\c2cc(I)c(OCc3ccccc3F)c(I)c2)c(=O)c1C#N. The van der Waals surface area contributed by atoms with Gasteiger partial charge in [0.2, 0.25) is 0 Å². The Balaban J connectivity index is 1.70. The third-order valence-corrected chi connectivity index (χ3v) is 7.86. The summed E-state index contributed by atoms with van der Waals surface area (Å²) in [5.74, 6) is -0.242. The minimum Gasteiger partial charge on any atom is -0.487 e. The molecule has 1 amide bonds. The van der Waals surface area contributed by atoms with Gasteiger partial charge < -0.3 is 14.0 Å². The maximum Gasteiger partial charge on any atom is 0.269 e. The molecule has 3 aromatic rings. The number of hydrazone groups is 1. The summed E-state index contributed by atoms with van der Waals surface area (Å²) in [4.78, 5) is 25.3. The van der Waals surface area contributed by atoms with Crippen LogP contribution in [-0.4, -0.2) is 23.8 Å². The van der Waals surface area contributed by atoms with Gasteiger partial charge in [0.05, 0.1) is 20.0 Å². The Bertz CT molecular complexity index is 1450. The van der Waals surface area contributed by atoms with Crippen LogP contribution in [0.5, 0.6) is 5.75 Å². The molecule has 192 valence electrons. The number of carbonyl (C=O) groups excluding carboxylic acids is 1. The fourth-order valence-corrected chi connectivity index (χ4v) is 6.02. The number of hydrogen-bond acceptors (Lipinski definition) is 6. The van der Waals surface area contributed by atoms with Crippen molar-refractivity contribution in [2.24, 2.45) is 5.10 Å². The Morgan fingerprint density at radius 1 is 1.27 bits per heavy atom. The molecule has 0 bridgehead atoms. The number of hydrogen-bond donors (Lipinski definition) is 1. The molecule has 0 saturated heterocycles. The van der Waals surface area contributed by atoms with Crippen molar-refractivity contribution in [3.8, 4) is 11.8 Å². The van der Waals surface area contributed by atoms with E-state index in [1.807, 2.05) is 18.2 Å². The predicted molar refractivity (Wildman–Crippen MR) is 157 cm³/mol. The van der Waals surface area contributed by atoms with Gasteiger partial charge in [-0.25, -0.2) is 9.82 Å². The van der Waals surface area contributed by atoms with Crippen LogP contribution in [0, 0.1) is 31.2 Å². The van der Waals surface area contributed by atoms with Crippen molar-refractivity contribution in [1.29, 1.82) is 5.26 Å². The Labute approximate surface area is 248 Å². The topological polar surface area (TPSA) is 106 Å². The van der Waals surface area contributed by atoms with E-state index < -0.39 is 11.5 Å². The van der Waals surface area contributed by atoms with Crippen molar-refractivity contribution in [2.45, 2.75) is 26.7 Å². The molecule has 37 heavy (non-hydrogen) atoms.